The molecule has 0 atom stereocenters. The molecular formula is C16H23NO6S2. The number of aryl methyl sites for hydroxylation is 1. The summed E-state index contributed by atoms with van der Waals surface area (Å²) in [4.78, 5) is 2.03. The maximum Gasteiger partial charge on any atom is 0.294 e. The lowest BCUT2D eigenvalue weighted by Crippen LogP contribution is -2.20. The van der Waals surface area contributed by atoms with Crippen LogP contribution in [-0.2, 0) is 20.2 Å². The summed E-state index contributed by atoms with van der Waals surface area (Å²) >= 11 is 0. The van der Waals surface area contributed by atoms with Gasteiger partial charge in [-0.3, -0.25) is 9.11 Å². The molecule has 1 aromatic rings. The summed E-state index contributed by atoms with van der Waals surface area (Å²) in [6.45, 7) is 3.55. The molecule has 0 aliphatic carbocycles. The van der Waals surface area contributed by atoms with Crippen molar-refractivity contribution in [2.75, 3.05) is 18.8 Å². The predicted molar refractivity (Wildman–Crippen MR) is 96.5 cm³/mol. The minimum Gasteiger partial charge on any atom is -0.374 e. The third kappa shape index (κ3) is 10.0. The zero-order chi connectivity index (χ0) is 18.9. The topological polar surface area (TPSA) is 112 Å². The second-order valence-electron chi connectivity index (χ2n) is 5.55. The number of hydrogen-bond acceptors (Lipinski definition) is 5. The Morgan fingerprint density at radius 1 is 1.00 bits per heavy atom. The van der Waals surface area contributed by atoms with E-state index < -0.39 is 20.2 Å². The number of benzene rings is 1. The first kappa shape index (κ1) is 21.4. The fourth-order valence-electron chi connectivity index (χ4n) is 1.98. The second-order valence-corrected chi connectivity index (χ2v) is 8.54. The van der Waals surface area contributed by atoms with Crippen molar-refractivity contribution in [1.82, 2.24) is 4.90 Å². The molecular weight excluding hydrogens is 366 g/mol. The van der Waals surface area contributed by atoms with Gasteiger partial charge in [0.05, 0.1) is 10.6 Å². The number of hydrogen-bond donors (Lipinski definition) is 2. The highest BCUT2D eigenvalue weighted by Gasteiger charge is 2.07. The van der Waals surface area contributed by atoms with Gasteiger partial charge in [-0.2, -0.15) is 16.8 Å². The van der Waals surface area contributed by atoms with Crippen LogP contribution in [0.2, 0.25) is 0 Å². The first-order valence-corrected chi connectivity index (χ1v) is 10.7. The number of rotatable bonds is 6. The Kier molecular flexibility index (Phi) is 8.30. The predicted octanol–water partition coefficient (Wildman–Crippen LogP) is 2.28. The van der Waals surface area contributed by atoms with Gasteiger partial charge in [-0.15, -0.1) is 0 Å². The molecule has 140 valence electrons. The molecule has 1 aliphatic rings. The first-order chi connectivity index (χ1) is 11.6. The molecule has 1 heterocycles. The summed E-state index contributed by atoms with van der Waals surface area (Å²) in [5.41, 5.74) is 0.956. The first-order valence-electron chi connectivity index (χ1n) is 7.64. The molecule has 9 heteroatoms. The van der Waals surface area contributed by atoms with Gasteiger partial charge in [0, 0.05) is 13.1 Å². The van der Waals surface area contributed by atoms with Crippen LogP contribution in [0.5, 0.6) is 0 Å². The summed E-state index contributed by atoms with van der Waals surface area (Å²) in [7, 11) is -7.80. The normalized spacial score (nSPS) is 14.1. The molecule has 7 nitrogen and oxygen atoms in total. The van der Waals surface area contributed by atoms with Crippen LogP contribution < -0.4 is 0 Å². The van der Waals surface area contributed by atoms with E-state index in [1.807, 2.05) is 31.4 Å². The van der Waals surface area contributed by atoms with Gasteiger partial charge in [0.15, 0.2) is 0 Å². The molecule has 0 unspecified atom stereocenters. The molecule has 0 bridgehead atoms. The largest absolute Gasteiger partial charge is 0.374 e. The third-order valence-corrected chi connectivity index (χ3v) is 4.97. The van der Waals surface area contributed by atoms with E-state index in [0.717, 1.165) is 25.1 Å². The Morgan fingerprint density at radius 3 is 2.12 bits per heavy atom. The molecule has 0 amide bonds. The molecule has 0 spiro atoms. The minimum atomic E-state index is -4.02. The highest BCUT2D eigenvalue weighted by Crippen LogP contribution is 2.08. The number of allylic oxidation sites excluding steroid dienone is 2. The van der Waals surface area contributed by atoms with Gasteiger partial charge in [-0.05, 0) is 44.2 Å². The van der Waals surface area contributed by atoms with Crippen LogP contribution in [0.4, 0.5) is 0 Å². The number of nitrogens with zero attached hydrogens (tertiary/aromatic N) is 1. The van der Waals surface area contributed by atoms with Gasteiger partial charge < -0.3 is 4.90 Å². The van der Waals surface area contributed by atoms with E-state index in [-0.39, 0.29) is 10.6 Å². The van der Waals surface area contributed by atoms with Crippen LogP contribution >= 0.6 is 0 Å². The molecule has 0 aromatic heterocycles. The van der Waals surface area contributed by atoms with Gasteiger partial charge in [0.25, 0.3) is 20.2 Å². The summed E-state index contributed by atoms with van der Waals surface area (Å²) in [5, 5.41) is 0. The zero-order valence-corrected chi connectivity index (χ0v) is 15.6. The average molecular weight is 389 g/mol. The molecule has 0 saturated carbocycles. The standard InChI is InChI=1S/C9H15NO3S.C7H8O3S/c11-14(12,13)9-5-4-8-10-6-2-1-3-7-10;1-6-2-4-7(5-3-6)11(8,9)10/h1-3,6H,4-5,7-9H2,(H,11,12,13);2-5H,1H3,(H,8,9,10). The number of unbranched alkanes of at least 4 members (excludes halogenated alkanes) is 1. The minimum absolute atomic E-state index is 0.0666. The monoisotopic (exact) mass is 389 g/mol. The SMILES string of the molecule is Cc1ccc(S(=O)(=O)O)cc1.O=S(=O)(O)CCCCN1C=CC=CC1. The smallest absolute Gasteiger partial charge is 0.294 e. The Bertz CT molecular complexity index is 796. The second kappa shape index (κ2) is 9.71. The molecule has 1 aliphatic heterocycles. The lowest BCUT2D eigenvalue weighted by Gasteiger charge is -2.19. The summed E-state index contributed by atoms with van der Waals surface area (Å²) < 4.78 is 58.8. The van der Waals surface area contributed by atoms with Crippen molar-refractivity contribution in [3.63, 3.8) is 0 Å². The van der Waals surface area contributed by atoms with Crippen LogP contribution in [-0.4, -0.2) is 49.7 Å². The lowest BCUT2D eigenvalue weighted by molar-refractivity contribution is 0.399. The van der Waals surface area contributed by atoms with Crippen molar-refractivity contribution < 1.29 is 25.9 Å². The Hall–Kier alpha value is -1.68. The van der Waals surface area contributed by atoms with E-state index in [0.29, 0.717) is 6.42 Å². The van der Waals surface area contributed by atoms with Crippen molar-refractivity contribution in [3.8, 4) is 0 Å². The van der Waals surface area contributed by atoms with Crippen LogP contribution in [0.15, 0.2) is 53.6 Å². The highest BCUT2D eigenvalue weighted by molar-refractivity contribution is 7.86. The Morgan fingerprint density at radius 2 is 1.64 bits per heavy atom. The molecule has 1 aromatic carbocycles. The third-order valence-electron chi connectivity index (χ3n) is 3.30. The maximum atomic E-state index is 10.5. The summed E-state index contributed by atoms with van der Waals surface area (Å²) in [6.07, 6.45) is 9.24. The average Bonchev–Trinajstić information content (AvgIpc) is 2.52. The van der Waals surface area contributed by atoms with Gasteiger partial charge in [0.1, 0.15) is 0 Å². The quantitative estimate of drug-likeness (QED) is 0.567. The van der Waals surface area contributed by atoms with E-state index in [9.17, 15) is 16.8 Å². The summed E-state index contributed by atoms with van der Waals surface area (Å²) in [6, 6.07) is 5.99. The van der Waals surface area contributed by atoms with E-state index in [1.54, 1.807) is 12.1 Å². The summed E-state index contributed by atoms with van der Waals surface area (Å²) in [5.74, 6) is -0.138. The molecule has 0 saturated heterocycles. The van der Waals surface area contributed by atoms with Crippen LogP contribution in [0.1, 0.15) is 18.4 Å². The van der Waals surface area contributed by atoms with Crippen molar-refractivity contribution in [1.29, 1.82) is 0 Å². The van der Waals surface area contributed by atoms with Crippen LogP contribution in [0, 0.1) is 6.92 Å². The molecule has 25 heavy (non-hydrogen) atoms. The fraction of sp³-hybridized carbons (Fsp3) is 0.375. The van der Waals surface area contributed by atoms with E-state index in [2.05, 4.69) is 4.90 Å². The van der Waals surface area contributed by atoms with Crippen molar-refractivity contribution in [3.05, 3.63) is 54.3 Å². The van der Waals surface area contributed by atoms with Crippen molar-refractivity contribution in [2.45, 2.75) is 24.7 Å². The zero-order valence-electron chi connectivity index (χ0n) is 13.9. The van der Waals surface area contributed by atoms with Crippen molar-refractivity contribution in [2.24, 2.45) is 0 Å². The van der Waals surface area contributed by atoms with E-state index >= 15 is 0 Å². The van der Waals surface area contributed by atoms with E-state index in [4.69, 9.17) is 9.11 Å². The van der Waals surface area contributed by atoms with E-state index in [1.165, 1.54) is 12.1 Å². The lowest BCUT2D eigenvalue weighted by atomic mass is 10.2. The Balaban J connectivity index is 0.000000257. The molecule has 2 rings (SSSR count). The van der Waals surface area contributed by atoms with Crippen molar-refractivity contribution >= 4 is 20.2 Å². The van der Waals surface area contributed by atoms with Crippen LogP contribution in [0.3, 0.4) is 0 Å². The molecule has 2 N–H and O–H groups in total. The molecule has 0 radical (unpaired) electrons. The maximum absolute atomic E-state index is 10.5. The fourth-order valence-corrected chi connectivity index (χ4v) is 3.03. The van der Waals surface area contributed by atoms with Gasteiger partial charge >= 0.3 is 0 Å². The Labute approximate surface area is 149 Å². The molecule has 0 fully saturated rings. The van der Waals surface area contributed by atoms with Gasteiger partial charge in [-0.1, -0.05) is 29.8 Å². The van der Waals surface area contributed by atoms with Gasteiger partial charge in [-0.25, -0.2) is 0 Å². The van der Waals surface area contributed by atoms with Crippen LogP contribution in [0.25, 0.3) is 0 Å². The van der Waals surface area contributed by atoms with Gasteiger partial charge in [0.2, 0.25) is 0 Å². The highest BCUT2D eigenvalue weighted by atomic mass is 32.2.